The Balaban J connectivity index is 1.92. The third-order valence-corrected chi connectivity index (χ3v) is 4.24. The van der Waals surface area contributed by atoms with Gasteiger partial charge in [0, 0.05) is 24.0 Å². The highest BCUT2D eigenvalue weighted by Crippen LogP contribution is 2.17. The number of hydrogen-bond acceptors (Lipinski definition) is 3. The molecule has 1 unspecified atom stereocenters. The smallest absolute Gasteiger partial charge is 0.0331 e. The largest absolute Gasteiger partial charge is 0.315 e. The lowest BCUT2D eigenvalue weighted by atomic mass is 10.1. The standard InChI is InChI=1S/C13H22N2S/c1-2-15(11-13-7-5-9-16-13)12-6-3-4-8-14-10-12/h5,7,9,12,14H,2-4,6,8,10-11H2,1H3. The van der Waals surface area contributed by atoms with Gasteiger partial charge in [-0.1, -0.05) is 19.4 Å². The molecule has 3 heteroatoms. The van der Waals surface area contributed by atoms with E-state index in [0.717, 1.165) is 19.1 Å². The van der Waals surface area contributed by atoms with Gasteiger partial charge in [0.15, 0.2) is 0 Å². The van der Waals surface area contributed by atoms with E-state index in [1.165, 1.54) is 37.2 Å². The van der Waals surface area contributed by atoms with Crippen LogP contribution >= 0.6 is 11.3 Å². The molecular formula is C13H22N2S. The average Bonchev–Trinajstić information content (AvgIpc) is 2.67. The first kappa shape index (κ1) is 12.1. The van der Waals surface area contributed by atoms with Gasteiger partial charge in [0.1, 0.15) is 0 Å². The van der Waals surface area contributed by atoms with Gasteiger partial charge >= 0.3 is 0 Å². The quantitative estimate of drug-likeness (QED) is 0.867. The minimum atomic E-state index is 0.731. The molecule has 2 nitrogen and oxygen atoms in total. The summed E-state index contributed by atoms with van der Waals surface area (Å²) < 4.78 is 0. The van der Waals surface area contributed by atoms with Crippen LogP contribution < -0.4 is 5.32 Å². The summed E-state index contributed by atoms with van der Waals surface area (Å²) >= 11 is 1.87. The Bertz CT molecular complexity index is 276. The number of nitrogens with zero attached hydrogens (tertiary/aromatic N) is 1. The fourth-order valence-electron chi connectivity index (χ4n) is 2.41. The van der Waals surface area contributed by atoms with Gasteiger partial charge in [-0.3, -0.25) is 4.90 Å². The summed E-state index contributed by atoms with van der Waals surface area (Å²) in [7, 11) is 0. The predicted molar refractivity (Wildman–Crippen MR) is 70.9 cm³/mol. The van der Waals surface area contributed by atoms with E-state index >= 15 is 0 Å². The van der Waals surface area contributed by atoms with Gasteiger partial charge in [-0.05, 0) is 37.4 Å². The Labute approximate surface area is 103 Å². The lowest BCUT2D eigenvalue weighted by Crippen LogP contribution is -2.40. The van der Waals surface area contributed by atoms with E-state index < -0.39 is 0 Å². The highest BCUT2D eigenvalue weighted by Gasteiger charge is 2.18. The Hall–Kier alpha value is -0.380. The molecular weight excluding hydrogens is 216 g/mol. The van der Waals surface area contributed by atoms with Gasteiger partial charge in [0.25, 0.3) is 0 Å². The predicted octanol–water partition coefficient (Wildman–Crippen LogP) is 2.71. The Kier molecular flexibility index (Phi) is 4.82. The van der Waals surface area contributed by atoms with Crippen LogP contribution in [0.4, 0.5) is 0 Å². The second-order valence-electron chi connectivity index (χ2n) is 4.50. The molecule has 1 atom stereocenters. The van der Waals surface area contributed by atoms with Crippen LogP contribution in [0.1, 0.15) is 31.1 Å². The molecule has 2 heterocycles. The fourth-order valence-corrected chi connectivity index (χ4v) is 3.14. The zero-order chi connectivity index (χ0) is 11.2. The minimum Gasteiger partial charge on any atom is -0.315 e. The molecule has 0 saturated carbocycles. The molecule has 1 N–H and O–H groups in total. The maximum Gasteiger partial charge on any atom is 0.0331 e. The normalized spacial score (nSPS) is 22.2. The summed E-state index contributed by atoms with van der Waals surface area (Å²) in [4.78, 5) is 4.11. The molecule has 1 saturated heterocycles. The molecule has 16 heavy (non-hydrogen) atoms. The highest BCUT2D eigenvalue weighted by atomic mass is 32.1. The molecule has 0 aromatic carbocycles. The second kappa shape index (κ2) is 6.38. The Morgan fingerprint density at radius 1 is 1.50 bits per heavy atom. The van der Waals surface area contributed by atoms with Crippen molar-refractivity contribution in [2.45, 2.75) is 38.8 Å². The maximum absolute atomic E-state index is 3.55. The van der Waals surface area contributed by atoms with Gasteiger partial charge in [-0.15, -0.1) is 11.3 Å². The molecule has 0 radical (unpaired) electrons. The van der Waals surface area contributed by atoms with Crippen LogP contribution in [-0.2, 0) is 6.54 Å². The molecule has 0 aliphatic carbocycles. The lowest BCUT2D eigenvalue weighted by molar-refractivity contribution is 0.190. The summed E-state index contributed by atoms with van der Waals surface area (Å²) in [6, 6.07) is 5.13. The molecule has 1 aliphatic heterocycles. The molecule has 2 rings (SSSR count). The number of likely N-dealkylation sites (N-methyl/N-ethyl adjacent to an activating group) is 1. The van der Waals surface area contributed by atoms with Crippen molar-refractivity contribution in [1.82, 2.24) is 10.2 Å². The number of rotatable bonds is 4. The molecule has 1 aromatic heterocycles. The maximum atomic E-state index is 3.55. The van der Waals surface area contributed by atoms with Crippen LogP contribution in [0.2, 0.25) is 0 Å². The van der Waals surface area contributed by atoms with Gasteiger partial charge in [-0.25, -0.2) is 0 Å². The number of hydrogen-bond donors (Lipinski definition) is 1. The molecule has 1 aliphatic rings. The van der Waals surface area contributed by atoms with Crippen molar-refractivity contribution >= 4 is 11.3 Å². The van der Waals surface area contributed by atoms with Crippen LogP contribution in [0.5, 0.6) is 0 Å². The van der Waals surface area contributed by atoms with E-state index in [2.05, 4.69) is 34.7 Å². The SMILES string of the molecule is CCN(Cc1cccs1)C1CCCCNC1. The second-order valence-corrected chi connectivity index (χ2v) is 5.53. The van der Waals surface area contributed by atoms with E-state index in [0.29, 0.717) is 0 Å². The zero-order valence-corrected chi connectivity index (χ0v) is 10.9. The summed E-state index contributed by atoms with van der Waals surface area (Å²) in [6.07, 6.45) is 4.07. The first-order chi connectivity index (χ1) is 7.90. The monoisotopic (exact) mass is 238 g/mol. The van der Waals surface area contributed by atoms with Crippen molar-refractivity contribution in [2.75, 3.05) is 19.6 Å². The van der Waals surface area contributed by atoms with E-state index in [-0.39, 0.29) is 0 Å². The summed E-state index contributed by atoms with van der Waals surface area (Å²) in [5, 5.41) is 5.73. The number of thiophene rings is 1. The first-order valence-corrected chi connectivity index (χ1v) is 7.25. The van der Waals surface area contributed by atoms with Crippen LogP contribution in [-0.4, -0.2) is 30.6 Å². The average molecular weight is 238 g/mol. The van der Waals surface area contributed by atoms with E-state index in [1.807, 2.05) is 11.3 Å². The first-order valence-electron chi connectivity index (χ1n) is 6.37. The third kappa shape index (κ3) is 3.30. The summed E-state index contributed by atoms with van der Waals surface area (Å²) in [5.74, 6) is 0. The number of nitrogens with one attached hydrogen (secondary N) is 1. The molecule has 90 valence electrons. The van der Waals surface area contributed by atoms with Crippen LogP contribution in [0, 0.1) is 0 Å². The van der Waals surface area contributed by atoms with Gasteiger partial charge < -0.3 is 5.32 Å². The van der Waals surface area contributed by atoms with Crippen LogP contribution in [0.3, 0.4) is 0 Å². The van der Waals surface area contributed by atoms with Gasteiger partial charge in [0.05, 0.1) is 0 Å². The summed E-state index contributed by atoms with van der Waals surface area (Å²) in [5.41, 5.74) is 0. The van der Waals surface area contributed by atoms with Crippen LogP contribution in [0.25, 0.3) is 0 Å². The van der Waals surface area contributed by atoms with E-state index in [4.69, 9.17) is 0 Å². The lowest BCUT2D eigenvalue weighted by Gasteiger charge is -2.29. The molecule has 0 spiro atoms. The van der Waals surface area contributed by atoms with E-state index in [9.17, 15) is 0 Å². The fraction of sp³-hybridized carbons (Fsp3) is 0.692. The van der Waals surface area contributed by atoms with Gasteiger partial charge in [0.2, 0.25) is 0 Å². The van der Waals surface area contributed by atoms with Crippen molar-refractivity contribution in [3.63, 3.8) is 0 Å². The Morgan fingerprint density at radius 2 is 2.44 bits per heavy atom. The van der Waals surface area contributed by atoms with Crippen molar-refractivity contribution in [3.05, 3.63) is 22.4 Å². The van der Waals surface area contributed by atoms with Crippen molar-refractivity contribution < 1.29 is 0 Å². The van der Waals surface area contributed by atoms with Crippen molar-refractivity contribution in [2.24, 2.45) is 0 Å². The molecule has 0 amide bonds. The van der Waals surface area contributed by atoms with Gasteiger partial charge in [-0.2, -0.15) is 0 Å². The minimum absolute atomic E-state index is 0.731. The molecule has 1 aromatic rings. The third-order valence-electron chi connectivity index (χ3n) is 3.38. The summed E-state index contributed by atoms with van der Waals surface area (Å²) in [6.45, 7) is 6.93. The molecule has 1 fully saturated rings. The zero-order valence-electron chi connectivity index (χ0n) is 10.1. The molecule has 0 bridgehead atoms. The van der Waals surface area contributed by atoms with E-state index in [1.54, 1.807) is 0 Å². The Morgan fingerprint density at radius 3 is 3.19 bits per heavy atom. The highest BCUT2D eigenvalue weighted by molar-refractivity contribution is 7.09. The topological polar surface area (TPSA) is 15.3 Å². The van der Waals surface area contributed by atoms with Crippen molar-refractivity contribution in [1.29, 1.82) is 0 Å². The van der Waals surface area contributed by atoms with Crippen molar-refractivity contribution in [3.8, 4) is 0 Å². The van der Waals surface area contributed by atoms with Crippen LogP contribution in [0.15, 0.2) is 17.5 Å².